The summed E-state index contributed by atoms with van der Waals surface area (Å²) in [6, 6.07) is 7.64. The number of benzene rings is 1. The molecule has 1 heterocycles. The van der Waals surface area contributed by atoms with Crippen LogP contribution in [0.4, 0.5) is 5.69 Å². The maximum Gasteiger partial charge on any atom is 0.330 e. The van der Waals surface area contributed by atoms with Crippen LogP contribution in [0.3, 0.4) is 0 Å². The monoisotopic (exact) mass is 329 g/mol. The number of carbonyl (C=O) groups is 1. The van der Waals surface area contributed by atoms with Crippen LogP contribution >= 0.6 is 27.7 Å². The minimum Gasteiger partial charge on any atom is -0.479 e. The summed E-state index contributed by atoms with van der Waals surface area (Å²) in [7, 11) is 0. The molecule has 2 N–H and O–H groups in total. The van der Waals surface area contributed by atoms with Crippen molar-refractivity contribution in [2.75, 3.05) is 11.1 Å². The Kier molecular flexibility index (Phi) is 4.22. The highest BCUT2D eigenvalue weighted by Crippen LogP contribution is 2.37. The third-order valence-electron chi connectivity index (χ3n) is 3.37. The number of rotatable bonds is 3. The first-order valence-corrected chi connectivity index (χ1v) is 7.77. The van der Waals surface area contributed by atoms with Crippen LogP contribution in [0.15, 0.2) is 28.7 Å². The number of anilines is 1. The molecule has 3 nitrogen and oxygen atoms in total. The van der Waals surface area contributed by atoms with Gasteiger partial charge in [0.25, 0.3) is 0 Å². The van der Waals surface area contributed by atoms with Gasteiger partial charge in [-0.1, -0.05) is 22.9 Å². The third-order valence-corrected chi connectivity index (χ3v) is 5.33. The average Bonchev–Trinajstić information content (AvgIpc) is 2.35. The third kappa shape index (κ3) is 2.67. The Labute approximate surface area is 119 Å². The van der Waals surface area contributed by atoms with Crippen LogP contribution < -0.4 is 5.32 Å². The van der Waals surface area contributed by atoms with E-state index in [1.54, 1.807) is 11.8 Å². The van der Waals surface area contributed by atoms with Gasteiger partial charge in [0, 0.05) is 15.4 Å². The van der Waals surface area contributed by atoms with E-state index in [9.17, 15) is 9.90 Å². The predicted octanol–water partition coefficient (Wildman–Crippen LogP) is 3.60. The number of carboxylic acid groups (broad SMARTS) is 1. The fourth-order valence-corrected chi connectivity index (χ4v) is 3.74. The number of aliphatic carboxylic acids is 1. The minimum absolute atomic E-state index is 0.0624. The summed E-state index contributed by atoms with van der Waals surface area (Å²) in [5.41, 5.74) is 0.00598. The van der Waals surface area contributed by atoms with Gasteiger partial charge in [0.2, 0.25) is 0 Å². The second-order valence-corrected chi connectivity index (χ2v) is 6.89. The van der Waals surface area contributed by atoms with Gasteiger partial charge in [-0.05, 0) is 42.9 Å². The summed E-state index contributed by atoms with van der Waals surface area (Å²) in [6.45, 7) is 1.99. The Morgan fingerprint density at radius 3 is 2.72 bits per heavy atom. The number of carboxylic acids is 1. The van der Waals surface area contributed by atoms with Crippen molar-refractivity contribution in [1.82, 2.24) is 0 Å². The van der Waals surface area contributed by atoms with Gasteiger partial charge < -0.3 is 10.4 Å². The quantitative estimate of drug-likeness (QED) is 0.889. The highest BCUT2D eigenvalue weighted by molar-refractivity contribution is 9.10. The van der Waals surface area contributed by atoms with Gasteiger partial charge in [0.1, 0.15) is 5.54 Å². The zero-order chi connectivity index (χ0) is 13.2. The Bertz CT molecular complexity index is 437. The Morgan fingerprint density at radius 2 is 2.17 bits per heavy atom. The second-order valence-electron chi connectivity index (χ2n) is 4.52. The topological polar surface area (TPSA) is 49.3 Å². The standard InChI is InChI=1S/C13H16BrNO2S/c1-9-13(12(16)17,7-2-8-18-9)15-11-5-3-10(14)4-6-11/h3-6,9,15H,2,7-8H2,1H3,(H,16,17). The molecule has 5 heteroatoms. The van der Waals surface area contributed by atoms with Gasteiger partial charge in [-0.2, -0.15) is 11.8 Å². The smallest absolute Gasteiger partial charge is 0.330 e. The number of nitrogens with one attached hydrogen (secondary N) is 1. The van der Waals surface area contributed by atoms with Gasteiger partial charge in [-0.15, -0.1) is 0 Å². The Balaban J connectivity index is 2.25. The van der Waals surface area contributed by atoms with Crippen molar-refractivity contribution in [3.8, 4) is 0 Å². The van der Waals surface area contributed by atoms with E-state index in [1.807, 2.05) is 31.2 Å². The van der Waals surface area contributed by atoms with E-state index in [0.29, 0.717) is 6.42 Å². The van der Waals surface area contributed by atoms with E-state index in [0.717, 1.165) is 22.3 Å². The molecule has 0 saturated carbocycles. The number of halogens is 1. The molecule has 0 amide bonds. The van der Waals surface area contributed by atoms with Crippen molar-refractivity contribution in [3.05, 3.63) is 28.7 Å². The molecule has 1 aromatic rings. The summed E-state index contributed by atoms with van der Waals surface area (Å²) in [5.74, 6) is 0.281. The van der Waals surface area contributed by atoms with Gasteiger partial charge in [-0.25, -0.2) is 4.79 Å². The van der Waals surface area contributed by atoms with Crippen LogP contribution in [0.5, 0.6) is 0 Å². The fourth-order valence-electron chi connectivity index (χ4n) is 2.25. The van der Waals surface area contributed by atoms with Crippen molar-refractivity contribution < 1.29 is 9.90 Å². The average molecular weight is 330 g/mol. The lowest BCUT2D eigenvalue weighted by Gasteiger charge is -2.39. The van der Waals surface area contributed by atoms with Crippen molar-refractivity contribution in [1.29, 1.82) is 0 Å². The zero-order valence-corrected chi connectivity index (χ0v) is 12.6. The molecule has 1 fully saturated rings. The molecule has 0 bridgehead atoms. The van der Waals surface area contributed by atoms with Crippen molar-refractivity contribution in [3.63, 3.8) is 0 Å². The first-order valence-electron chi connectivity index (χ1n) is 5.93. The summed E-state index contributed by atoms with van der Waals surface area (Å²) >= 11 is 5.10. The van der Waals surface area contributed by atoms with Crippen molar-refractivity contribution >= 4 is 39.3 Å². The maximum atomic E-state index is 11.7. The molecule has 2 atom stereocenters. The molecule has 1 saturated heterocycles. The molecule has 0 radical (unpaired) electrons. The SMILES string of the molecule is CC1SCCCC1(Nc1ccc(Br)cc1)C(=O)O. The van der Waals surface area contributed by atoms with E-state index in [4.69, 9.17) is 0 Å². The lowest BCUT2D eigenvalue weighted by molar-refractivity contribution is -0.142. The normalized spacial score (nSPS) is 27.8. The summed E-state index contributed by atoms with van der Waals surface area (Å²) in [6.07, 6.45) is 1.61. The minimum atomic E-state index is -0.850. The van der Waals surface area contributed by atoms with Gasteiger partial charge in [-0.3, -0.25) is 0 Å². The van der Waals surface area contributed by atoms with Crippen LogP contribution in [0.25, 0.3) is 0 Å². The first kappa shape index (κ1) is 13.7. The molecular weight excluding hydrogens is 314 g/mol. The summed E-state index contributed by atoms with van der Waals surface area (Å²) in [5, 5.41) is 12.9. The lowest BCUT2D eigenvalue weighted by Crippen LogP contribution is -2.55. The van der Waals surface area contributed by atoms with E-state index in [2.05, 4.69) is 21.2 Å². The zero-order valence-electron chi connectivity index (χ0n) is 10.1. The van der Waals surface area contributed by atoms with Crippen LogP contribution in [-0.4, -0.2) is 27.6 Å². The summed E-state index contributed by atoms with van der Waals surface area (Å²) < 4.78 is 0.989. The van der Waals surface area contributed by atoms with E-state index in [-0.39, 0.29) is 5.25 Å². The van der Waals surface area contributed by atoms with E-state index < -0.39 is 11.5 Å². The molecule has 0 aromatic heterocycles. The van der Waals surface area contributed by atoms with Crippen LogP contribution in [0, 0.1) is 0 Å². The molecule has 1 aliphatic heterocycles. The Morgan fingerprint density at radius 1 is 1.50 bits per heavy atom. The highest BCUT2D eigenvalue weighted by atomic mass is 79.9. The van der Waals surface area contributed by atoms with Crippen LogP contribution in [-0.2, 0) is 4.79 Å². The molecule has 2 unspecified atom stereocenters. The first-order chi connectivity index (χ1) is 8.54. The molecule has 0 spiro atoms. The van der Waals surface area contributed by atoms with Crippen molar-refractivity contribution in [2.24, 2.45) is 0 Å². The number of hydrogen-bond acceptors (Lipinski definition) is 3. The summed E-state index contributed by atoms with van der Waals surface area (Å²) in [4.78, 5) is 11.7. The van der Waals surface area contributed by atoms with E-state index >= 15 is 0 Å². The van der Waals surface area contributed by atoms with E-state index in [1.165, 1.54) is 0 Å². The van der Waals surface area contributed by atoms with Gasteiger partial charge in [0.15, 0.2) is 0 Å². The van der Waals surface area contributed by atoms with Gasteiger partial charge in [0.05, 0.1) is 0 Å². The molecule has 18 heavy (non-hydrogen) atoms. The number of hydrogen-bond donors (Lipinski definition) is 2. The van der Waals surface area contributed by atoms with Crippen LogP contribution in [0.2, 0.25) is 0 Å². The molecular formula is C13H16BrNO2S. The molecule has 0 aliphatic carbocycles. The molecule has 1 aromatic carbocycles. The molecule has 2 rings (SSSR count). The van der Waals surface area contributed by atoms with Gasteiger partial charge >= 0.3 is 5.97 Å². The number of thioether (sulfide) groups is 1. The highest BCUT2D eigenvalue weighted by Gasteiger charge is 2.45. The molecule has 98 valence electrons. The maximum absolute atomic E-state index is 11.7. The second kappa shape index (κ2) is 5.53. The van der Waals surface area contributed by atoms with Crippen LogP contribution in [0.1, 0.15) is 19.8 Å². The lowest BCUT2D eigenvalue weighted by atomic mass is 9.89. The Hall–Kier alpha value is -0.680. The molecule has 1 aliphatic rings. The fraction of sp³-hybridized carbons (Fsp3) is 0.462. The largest absolute Gasteiger partial charge is 0.479 e. The van der Waals surface area contributed by atoms with Crippen molar-refractivity contribution in [2.45, 2.75) is 30.6 Å². The predicted molar refractivity (Wildman–Crippen MR) is 79.3 cm³/mol.